The molecule has 1 unspecified atom stereocenters. The number of benzene rings is 2. The SMILES string of the molecule is NCC(Cc1ccccc1)N1CCc2ccc(F)cc21. The summed E-state index contributed by atoms with van der Waals surface area (Å²) in [6, 6.07) is 15.6. The Morgan fingerprint density at radius 2 is 1.95 bits per heavy atom. The van der Waals surface area contributed by atoms with E-state index in [1.54, 1.807) is 6.07 Å². The molecule has 0 saturated heterocycles. The Morgan fingerprint density at radius 1 is 1.15 bits per heavy atom. The molecular weight excluding hydrogens is 251 g/mol. The Morgan fingerprint density at radius 3 is 2.70 bits per heavy atom. The third-order valence-corrected chi connectivity index (χ3v) is 4.01. The Hall–Kier alpha value is -1.87. The molecule has 1 aliphatic rings. The van der Waals surface area contributed by atoms with Crippen molar-refractivity contribution in [2.45, 2.75) is 18.9 Å². The van der Waals surface area contributed by atoms with Gasteiger partial charge in [0.15, 0.2) is 0 Å². The maximum absolute atomic E-state index is 13.5. The first-order valence-electron chi connectivity index (χ1n) is 7.07. The number of hydrogen-bond acceptors (Lipinski definition) is 2. The monoisotopic (exact) mass is 270 g/mol. The minimum absolute atomic E-state index is 0.175. The molecule has 0 radical (unpaired) electrons. The average Bonchev–Trinajstić information content (AvgIpc) is 2.89. The van der Waals surface area contributed by atoms with Crippen molar-refractivity contribution in [3.05, 3.63) is 65.5 Å². The molecule has 0 saturated carbocycles. The predicted molar refractivity (Wildman–Crippen MR) is 80.4 cm³/mol. The third-order valence-electron chi connectivity index (χ3n) is 4.01. The second-order valence-electron chi connectivity index (χ2n) is 5.30. The standard InChI is InChI=1S/C17H19FN2/c18-15-7-6-14-8-9-20(17(14)11-15)16(12-19)10-13-4-2-1-3-5-13/h1-7,11,16H,8-10,12,19H2. The van der Waals surface area contributed by atoms with Gasteiger partial charge < -0.3 is 10.6 Å². The van der Waals surface area contributed by atoms with E-state index in [1.165, 1.54) is 17.2 Å². The minimum atomic E-state index is -0.175. The van der Waals surface area contributed by atoms with Gasteiger partial charge in [0, 0.05) is 24.8 Å². The molecule has 0 spiro atoms. The Labute approximate surface area is 119 Å². The van der Waals surface area contributed by atoms with Gasteiger partial charge in [-0.3, -0.25) is 0 Å². The average molecular weight is 270 g/mol. The largest absolute Gasteiger partial charge is 0.366 e. The zero-order valence-electron chi connectivity index (χ0n) is 11.4. The van der Waals surface area contributed by atoms with Crippen molar-refractivity contribution in [2.75, 3.05) is 18.0 Å². The highest BCUT2D eigenvalue weighted by Gasteiger charge is 2.25. The fraction of sp³-hybridized carbons (Fsp3) is 0.294. The lowest BCUT2D eigenvalue weighted by atomic mass is 10.0. The number of anilines is 1. The molecule has 0 amide bonds. The van der Waals surface area contributed by atoms with Gasteiger partial charge in [-0.2, -0.15) is 0 Å². The summed E-state index contributed by atoms with van der Waals surface area (Å²) in [4.78, 5) is 2.26. The first-order valence-corrected chi connectivity index (χ1v) is 7.07. The van der Waals surface area contributed by atoms with Crippen molar-refractivity contribution >= 4 is 5.69 Å². The molecular formula is C17H19FN2. The Balaban J connectivity index is 1.83. The van der Waals surface area contributed by atoms with Gasteiger partial charge in [-0.15, -0.1) is 0 Å². The zero-order chi connectivity index (χ0) is 13.9. The van der Waals surface area contributed by atoms with Crippen LogP contribution in [-0.4, -0.2) is 19.1 Å². The third kappa shape index (κ3) is 2.54. The summed E-state index contributed by atoms with van der Waals surface area (Å²) >= 11 is 0. The van der Waals surface area contributed by atoms with Gasteiger partial charge in [0.05, 0.1) is 0 Å². The van der Waals surface area contributed by atoms with Crippen LogP contribution >= 0.6 is 0 Å². The highest BCUT2D eigenvalue weighted by molar-refractivity contribution is 5.59. The normalized spacial score (nSPS) is 15.2. The number of rotatable bonds is 4. The Bertz CT molecular complexity index is 583. The summed E-state index contributed by atoms with van der Waals surface area (Å²) in [7, 11) is 0. The van der Waals surface area contributed by atoms with Crippen molar-refractivity contribution in [1.29, 1.82) is 0 Å². The summed E-state index contributed by atoms with van der Waals surface area (Å²) in [5, 5.41) is 0. The Kier molecular flexibility index (Phi) is 3.70. The fourth-order valence-corrected chi connectivity index (χ4v) is 2.96. The quantitative estimate of drug-likeness (QED) is 0.925. The lowest BCUT2D eigenvalue weighted by Crippen LogP contribution is -2.41. The highest BCUT2D eigenvalue weighted by atomic mass is 19.1. The van der Waals surface area contributed by atoms with Crippen molar-refractivity contribution in [3.63, 3.8) is 0 Å². The minimum Gasteiger partial charge on any atom is -0.366 e. The van der Waals surface area contributed by atoms with Crippen LogP contribution in [-0.2, 0) is 12.8 Å². The molecule has 0 bridgehead atoms. The van der Waals surface area contributed by atoms with Crippen LogP contribution in [0.1, 0.15) is 11.1 Å². The van der Waals surface area contributed by atoms with Gasteiger partial charge in [-0.25, -0.2) is 4.39 Å². The van der Waals surface area contributed by atoms with E-state index in [-0.39, 0.29) is 11.9 Å². The van der Waals surface area contributed by atoms with Gasteiger partial charge in [-0.05, 0) is 36.1 Å². The molecule has 2 aromatic rings. The topological polar surface area (TPSA) is 29.3 Å². The lowest BCUT2D eigenvalue weighted by Gasteiger charge is -2.29. The van der Waals surface area contributed by atoms with Gasteiger partial charge >= 0.3 is 0 Å². The van der Waals surface area contributed by atoms with Crippen LogP contribution in [0.5, 0.6) is 0 Å². The number of halogens is 1. The smallest absolute Gasteiger partial charge is 0.125 e. The van der Waals surface area contributed by atoms with Crippen LogP contribution in [0.2, 0.25) is 0 Å². The first kappa shape index (κ1) is 13.1. The van der Waals surface area contributed by atoms with E-state index in [0.29, 0.717) is 6.54 Å². The molecule has 2 N–H and O–H groups in total. The van der Waals surface area contributed by atoms with Crippen molar-refractivity contribution < 1.29 is 4.39 Å². The van der Waals surface area contributed by atoms with Crippen molar-refractivity contribution in [2.24, 2.45) is 5.73 Å². The molecule has 2 aromatic carbocycles. The zero-order valence-corrected chi connectivity index (χ0v) is 11.4. The van der Waals surface area contributed by atoms with Gasteiger partial charge in [0.1, 0.15) is 5.82 Å². The molecule has 1 aliphatic heterocycles. The van der Waals surface area contributed by atoms with E-state index >= 15 is 0 Å². The summed E-state index contributed by atoms with van der Waals surface area (Å²) < 4.78 is 13.5. The molecule has 0 fully saturated rings. The van der Waals surface area contributed by atoms with Gasteiger partial charge in [0.2, 0.25) is 0 Å². The van der Waals surface area contributed by atoms with Gasteiger partial charge in [0.25, 0.3) is 0 Å². The predicted octanol–water partition coefficient (Wildman–Crippen LogP) is 2.76. The van der Waals surface area contributed by atoms with Crippen LogP contribution in [0, 0.1) is 5.82 Å². The van der Waals surface area contributed by atoms with Crippen molar-refractivity contribution in [1.82, 2.24) is 0 Å². The van der Waals surface area contributed by atoms with E-state index in [0.717, 1.165) is 25.1 Å². The molecule has 0 aliphatic carbocycles. The number of fused-ring (bicyclic) bond motifs is 1. The summed E-state index contributed by atoms with van der Waals surface area (Å²) in [5.41, 5.74) is 9.46. The van der Waals surface area contributed by atoms with Crippen LogP contribution in [0.4, 0.5) is 10.1 Å². The van der Waals surface area contributed by atoms with E-state index in [4.69, 9.17) is 5.73 Å². The van der Waals surface area contributed by atoms with E-state index in [9.17, 15) is 4.39 Å². The second kappa shape index (κ2) is 5.63. The molecule has 3 heteroatoms. The summed E-state index contributed by atoms with van der Waals surface area (Å²) in [5.74, 6) is -0.175. The van der Waals surface area contributed by atoms with Crippen molar-refractivity contribution in [3.8, 4) is 0 Å². The fourth-order valence-electron chi connectivity index (χ4n) is 2.96. The number of nitrogens with two attached hydrogens (primary N) is 1. The molecule has 20 heavy (non-hydrogen) atoms. The lowest BCUT2D eigenvalue weighted by molar-refractivity contribution is 0.603. The van der Waals surface area contributed by atoms with Crippen LogP contribution in [0.25, 0.3) is 0 Å². The van der Waals surface area contributed by atoms with Gasteiger partial charge in [-0.1, -0.05) is 36.4 Å². The van der Waals surface area contributed by atoms with E-state index in [2.05, 4.69) is 17.0 Å². The molecule has 0 aromatic heterocycles. The molecule has 104 valence electrons. The first-order chi connectivity index (χ1) is 9.78. The van der Waals surface area contributed by atoms with Crippen LogP contribution in [0.15, 0.2) is 48.5 Å². The maximum Gasteiger partial charge on any atom is 0.125 e. The summed E-state index contributed by atoms with van der Waals surface area (Å²) in [6.07, 6.45) is 1.87. The van der Waals surface area contributed by atoms with E-state index < -0.39 is 0 Å². The second-order valence-corrected chi connectivity index (χ2v) is 5.30. The highest BCUT2D eigenvalue weighted by Crippen LogP contribution is 2.31. The van der Waals surface area contributed by atoms with E-state index in [1.807, 2.05) is 24.3 Å². The molecule has 2 nitrogen and oxygen atoms in total. The molecule has 3 rings (SSSR count). The summed E-state index contributed by atoms with van der Waals surface area (Å²) in [6.45, 7) is 1.50. The molecule has 1 heterocycles. The number of hydrogen-bond donors (Lipinski definition) is 1. The number of nitrogens with zero attached hydrogens (tertiary/aromatic N) is 1. The maximum atomic E-state index is 13.5. The molecule has 1 atom stereocenters. The van der Waals surface area contributed by atoms with Crippen LogP contribution < -0.4 is 10.6 Å². The van der Waals surface area contributed by atoms with Crippen LogP contribution in [0.3, 0.4) is 0 Å².